The summed E-state index contributed by atoms with van der Waals surface area (Å²) in [5, 5.41) is 0. The van der Waals surface area contributed by atoms with E-state index in [0.717, 1.165) is 18.9 Å². The smallest absolute Gasteiger partial charge is 0.331 e. The van der Waals surface area contributed by atoms with Crippen LogP contribution >= 0.6 is 0 Å². The number of carbonyl (C=O) groups is 2. The van der Waals surface area contributed by atoms with Gasteiger partial charge < -0.3 is 14.4 Å². The van der Waals surface area contributed by atoms with Gasteiger partial charge >= 0.3 is 5.97 Å². The van der Waals surface area contributed by atoms with E-state index in [4.69, 9.17) is 9.47 Å². The van der Waals surface area contributed by atoms with Crippen molar-refractivity contribution in [2.45, 2.75) is 25.4 Å². The van der Waals surface area contributed by atoms with Crippen LogP contribution in [0.5, 0.6) is 5.75 Å². The lowest BCUT2D eigenvalue weighted by Crippen LogP contribution is -2.36. The van der Waals surface area contributed by atoms with Gasteiger partial charge in [-0.05, 0) is 42.7 Å². The van der Waals surface area contributed by atoms with Crippen LogP contribution in [0.25, 0.3) is 6.08 Å². The topological polar surface area (TPSA) is 55.8 Å². The van der Waals surface area contributed by atoms with Crippen LogP contribution in [0.3, 0.4) is 0 Å². The Morgan fingerprint density at radius 3 is 2.55 bits per heavy atom. The lowest BCUT2D eigenvalue weighted by atomic mass is 10.2. The first-order valence-corrected chi connectivity index (χ1v) is 9.19. The molecule has 0 unspecified atom stereocenters. The van der Waals surface area contributed by atoms with Gasteiger partial charge in [0.2, 0.25) is 0 Å². The molecule has 29 heavy (non-hydrogen) atoms. The lowest BCUT2D eigenvalue weighted by molar-refractivity contribution is -0.148. The number of amides is 1. The molecular formula is C22H21F2NO4. The molecule has 1 aliphatic rings. The summed E-state index contributed by atoms with van der Waals surface area (Å²) in [6.45, 7) is -0.306. The highest BCUT2D eigenvalue weighted by molar-refractivity contribution is 5.89. The van der Waals surface area contributed by atoms with E-state index in [-0.39, 0.29) is 30.1 Å². The first-order valence-electron chi connectivity index (χ1n) is 9.19. The van der Waals surface area contributed by atoms with Crippen LogP contribution in [0, 0.1) is 11.6 Å². The van der Waals surface area contributed by atoms with Crippen molar-refractivity contribution in [1.82, 2.24) is 4.90 Å². The summed E-state index contributed by atoms with van der Waals surface area (Å²) in [5.74, 6) is -1.93. The number of nitrogens with zero attached hydrogens (tertiary/aromatic N) is 1. The van der Waals surface area contributed by atoms with E-state index >= 15 is 0 Å². The van der Waals surface area contributed by atoms with E-state index in [0.29, 0.717) is 11.1 Å². The SMILES string of the molecule is COc1ccc(/C=C/C(=O)OCC(=O)N(Cc2ccccc2F)C2CC2)cc1F. The van der Waals surface area contributed by atoms with Gasteiger partial charge in [0.05, 0.1) is 7.11 Å². The largest absolute Gasteiger partial charge is 0.494 e. The van der Waals surface area contributed by atoms with Gasteiger partial charge in [0.15, 0.2) is 18.2 Å². The molecule has 0 heterocycles. The third kappa shape index (κ3) is 5.63. The maximum Gasteiger partial charge on any atom is 0.331 e. The van der Waals surface area contributed by atoms with Crippen molar-refractivity contribution in [3.63, 3.8) is 0 Å². The van der Waals surface area contributed by atoms with E-state index in [1.807, 2.05) is 0 Å². The van der Waals surface area contributed by atoms with Crippen LogP contribution in [0.4, 0.5) is 8.78 Å². The van der Waals surface area contributed by atoms with Gasteiger partial charge in [0, 0.05) is 24.2 Å². The zero-order chi connectivity index (χ0) is 20.8. The molecule has 0 aliphatic heterocycles. The molecule has 0 radical (unpaired) electrons. The average molecular weight is 401 g/mol. The van der Waals surface area contributed by atoms with Crippen LogP contribution < -0.4 is 4.74 Å². The molecule has 1 fully saturated rings. The molecule has 1 saturated carbocycles. The van der Waals surface area contributed by atoms with Crippen LogP contribution in [0.2, 0.25) is 0 Å². The highest BCUT2D eigenvalue weighted by Gasteiger charge is 2.33. The monoisotopic (exact) mass is 401 g/mol. The van der Waals surface area contributed by atoms with E-state index in [1.54, 1.807) is 24.3 Å². The molecule has 2 aromatic rings. The highest BCUT2D eigenvalue weighted by atomic mass is 19.1. The number of esters is 1. The third-order valence-corrected chi connectivity index (χ3v) is 4.53. The Bertz CT molecular complexity index is 925. The normalized spacial score (nSPS) is 13.3. The second-order valence-electron chi connectivity index (χ2n) is 6.68. The molecule has 0 saturated heterocycles. The minimum Gasteiger partial charge on any atom is -0.494 e. The van der Waals surface area contributed by atoms with E-state index in [2.05, 4.69) is 0 Å². The highest BCUT2D eigenvalue weighted by Crippen LogP contribution is 2.29. The molecule has 0 aromatic heterocycles. The van der Waals surface area contributed by atoms with Gasteiger partial charge in [0.25, 0.3) is 5.91 Å². The molecule has 152 valence electrons. The molecule has 0 spiro atoms. The zero-order valence-corrected chi connectivity index (χ0v) is 15.9. The second-order valence-corrected chi connectivity index (χ2v) is 6.68. The van der Waals surface area contributed by atoms with E-state index in [1.165, 1.54) is 36.3 Å². The predicted octanol–water partition coefficient (Wildman–Crippen LogP) is 3.72. The third-order valence-electron chi connectivity index (χ3n) is 4.53. The average Bonchev–Trinajstić information content (AvgIpc) is 3.55. The fourth-order valence-corrected chi connectivity index (χ4v) is 2.83. The summed E-state index contributed by atoms with van der Waals surface area (Å²) in [4.78, 5) is 25.9. The van der Waals surface area contributed by atoms with Crippen molar-refractivity contribution in [3.05, 3.63) is 71.3 Å². The Kier molecular flexibility index (Phi) is 6.59. The Labute approximate surface area is 167 Å². The summed E-state index contributed by atoms with van der Waals surface area (Å²) in [6.07, 6.45) is 4.19. The molecule has 2 aromatic carbocycles. The lowest BCUT2D eigenvalue weighted by Gasteiger charge is -2.22. The number of ether oxygens (including phenoxy) is 2. The van der Waals surface area contributed by atoms with E-state index in [9.17, 15) is 18.4 Å². The molecule has 0 N–H and O–H groups in total. The molecule has 1 amide bonds. The fourth-order valence-electron chi connectivity index (χ4n) is 2.83. The minimum atomic E-state index is -0.726. The number of carbonyl (C=O) groups excluding carboxylic acids is 2. The molecule has 0 bridgehead atoms. The minimum absolute atomic E-state index is 0.0404. The molecule has 5 nitrogen and oxygen atoms in total. The van der Waals surface area contributed by atoms with Crippen LogP contribution in [0.1, 0.15) is 24.0 Å². The predicted molar refractivity (Wildman–Crippen MR) is 103 cm³/mol. The first-order chi connectivity index (χ1) is 14.0. The first kappa shape index (κ1) is 20.5. The molecule has 3 rings (SSSR count). The van der Waals surface area contributed by atoms with Crippen molar-refractivity contribution < 1.29 is 27.8 Å². The Morgan fingerprint density at radius 1 is 1.14 bits per heavy atom. The number of benzene rings is 2. The van der Waals surface area contributed by atoms with Gasteiger partial charge in [-0.25, -0.2) is 13.6 Å². The van der Waals surface area contributed by atoms with Crippen molar-refractivity contribution >= 4 is 18.0 Å². The van der Waals surface area contributed by atoms with Gasteiger partial charge in [0.1, 0.15) is 5.82 Å². The zero-order valence-electron chi connectivity index (χ0n) is 15.9. The fraction of sp³-hybridized carbons (Fsp3) is 0.273. The summed E-state index contributed by atoms with van der Waals surface area (Å²) < 4.78 is 37.4. The second kappa shape index (κ2) is 9.32. The van der Waals surface area contributed by atoms with Crippen molar-refractivity contribution in [3.8, 4) is 5.75 Å². The number of hydrogen-bond acceptors (Lipinski definition) is 4. The van der Waals surface area contributed by atoms with Crippen LogP contribution in [-0.4, -0.2) is 36.5 Å². The summed E-state index contributed by atoms with van der Waals surface area (Å²) in [5.41, 5.74) is 0.867. The van der Waals surface area contributed by atoms with Crippen molar-refractivity contribution in [2.75, 3.05) is 13.7 Å². The van der Waals surface area contributed by atoms with Gasteiger partial charge in [-0.1, -0.05) is 24.3 Å². The van der Waals surface area contributed by atoms with Crippen LogP contribution in [0.15, 0.2) is 48.5 Å². The van der Waals surface area contributed by atoms with Gasteiger partial charge in [-0.3, -0.25) is 4.79 Å². The van der Waals surface area contributed by atoms with Crippen molar-refractivity contribution in [1.29, 1.82) is 0 Å². The molecule has 1 aliphatic carbocycles. The summed E-state index contributed by atoms with van der Waals surface area (Å²) >= 11 is 0. The van der Waals surface area contributed by atoms with Crippen molar-refractivity contribution in [2.24, 2.45) is 0 Å². The Balaban J connectivity index is 1.55. The Hall–Kier alpha value is -3.22. The molecular weight excluding hydrogens is 380 g/mol. The number of hydrogen-bond donors (Lipinski definition) is 0. The van der Waals surface area contributed by atoms with Gasteiger partial charge in [-0.15, -0.1) is 0 Å². The molecule has 7 heteroatoms. The Morgan fingerprint density at radius 2 is 1.90 bits per heavy atom. The van der Waals surface area contributed by atoms with Gasteiger partial charge in [-0.2, -0.15) is 0 Å². The number of halogens is 2. The maximum absolute atomic E-state index is 13.9. The molecule has 0 atom stereocenters. The van der Waals surface area contributed by atoms with E-state index < -0.39 is 18.4 Å². The summed E-state index contributed by atoms with van der Waals surface area (Å²) in [7, 11) is 1.36. The maximum atomic E-state index is 13.9. The standard InChI is InChI=1S/C22H21F2NO4/c1-28-20-10-6-15(12-19(20)24)7-11-22(27)29-14-21(26)25(17-8-9-17)13-16-4-2-3-5-18(16)23/h2-7,10-12,17H,8-9,13-14H2,1H3/b11-7+. The van der Waals surface area contributed by atoms with Crippen LogP contribution in [-0.2, 0) is 20.9 Å². The number of rotatable bonds is 8. The number of methoxy groups -OCH3 is 1. The quantitative estimate of drug-likeness (QED) is 0.500. The summed E-state index contributed by atoms with van der Waals surface area (Å²) in [6, 6.07) is 10.6.